The molecule has 3 rings (SSSR count). The molecule has 118 valence electrons. The summed E-state index contributed by atoms with van der Waals surface area (Å²) >= 11 is 0. The molecule has 5 heteroatoms. The van der Waals surface area contributed by atoms with Crippen molar-refractivity contribution in [3.05, 3.63) is 35.9 Å². The molecule has 0 aliphatic carbocycles. The van der Waals surface area contributed by atoms with Gasteiger partial charge in [-0.1, -0.05) is 26.8 Å². The molecule has 22 heavy (non-hydrogen) atoms. The van der Waals surface area contributed by atoms with E-state index in [4.69, 9.17) is 9.72 Å². The summed E-state index contributed by atoms with van der Waals surface area (Å²) in [6.45, 7) is 10.2. The van der Waals surface area contributed by atoms with Crippen molar-refractivity contribution >= 4 is 11.4 Å². The molecule has 0 spiro atoms. The maximum atomic E-state index is 12.9. The second-order valence-corrected chi connectivity index (χ2v) is 6.92. The largest absolute Gasteiger partial charge is 0.375 e. The number of ether oxygens (including phenoxy) is 1. The van der Waals surface area contributed by atoms with Gasteiger partial charge in [0, 0.05) is 24.7 Å². The molecule has 1 aliphatic rings. The van der Waals surface area contributed by atoms with E-state index in [9.17, 15) is 4.79 Å². The molecule has 0 aromatic carbocycles. The van der Waals surface area contributed by atoms with Crippen LogP contribution in [0.1, 0.15) is 44.0 Å². The van der Waals surface area contributed by atoms with Crippen molar-refractivity contribution in [2.45, 2.75) is 39.2 Å². The van der Waals surface area contributed by atoms with Gasteiger partial charge < -0.3 is 14.0 Å². The second kappa shape index (κ2) is 5.39. The molecule has 5 nitrogen and oxygen atoms in total. The number of morpholine rings is 1. The highest BCUT2D eigenvalue weighted by molar-refractivity contribution is 5.99. The summed E-state index contributed by atoms with van der Waals surface area (Å²) in [5.41, 5.74) is 1.29. The number of pyridine rings is 1. The van der Waals surface area contributed by atoms with E-state index < -0.39 is 0 Å². The van der Waals surface area contributed by atoms with E-state index in [0.717, 1.165) is 11.3 Å². The number of nitrogens with zero attached hydrogens (tertiary/aromatic N) is 3. The van der Waals surface area contributed by atoms with E-state index in [0.29, 0.717) is 25.4 Å². The minimum atomic E-state index is -0.124. The minimum absolute atomic E-state index is 0.00523. The van der Waals surface area contributed by atoms with Gasteiger partial charge in [0.2, 0.25) is 0 Å². The number of hydrogen-bond acceptors (Lipinski definition) is 3. The Hall–Kier alpha value is -1.88. The summed E-state index contributed by atoms with van der Waals surface area (Å²) in [7, 11) is 0. The Morgan fingerprint density at radius 3 is 2.82 bits per heavy atom. The van der Waals surface area contributed by atoms with Crippen molar-refractivity contribution < 1.29 is 9.53 Å². The Kier molecular flexibility index (Phi) is 3.68. The average molecular weight is 301 g/mol. The number of amides is 1. The van der Waals surface area contributed by atoms with Crippen molar-refractivity contribution in [2.75, 3.05) is 19.7 Å². The van der Waals surface area contributed by atoms with Crippen LogP contribution in [0.15, 0.2) is 24.4 Å². The average Bonchev–Trinajstić information content (AvgIpc) is 2.86. The number of carbonyl (C=O) groups is 1. The molecule has 1 aliphatic heterocycles. The normalized spacial score (nSPS) is 19.6. The molecular formula is C17H23N3O2. The van der Waals surface area contributed by atoms with Gasteiger partial charge in [-0.15, -0.1) is 0 Å². The first-order valence-corrected chi connectivity index (χ1v) is 7.76. The Labute approximate surface area is 130 Å². The van der Waals surface area contributed by atoms with Gasteiger partial charge in [-0.25, -0.2) is 4.98 Å². The van der Waals surface area contributed by atoms with Crippen molar-refractivity contribution in [1.29, 1.82) is 0 Å². The van der Waals surface area contributed by atoms with Crippen LogP contribution in [0.4, 0.5) is 0 Å². The van der Waals surface area contributed by atoms with Crippen LogP contribution in [-0.2, 0) is 10.2 Å². The Morgan fingerprint density at radius 2 is 2.14 bits per heavy atom. The van der Waals surface area contributed by atoms with Crippen LogP contribution < -0.4 is 0 Å². The van der Waals surface area contributed by atoms with Crippen molar-refractivity contribution in [3.8, 4) is 0 Å². The second-order valence-electron chi connectivity index (χ2n) is 6.92. The lowest BCUT2D eigenvalue weighted by molar-refractivity contribution is -0.0125. The van der Waals surface area contributed by atoms with Crippen LogP contribution >= 0.6 is 0 Å². The van der Waals surface area contributed by atoms with Gasteiger partial charge in [-0.2, -0.15) is 0 Å². The predicted molar refractivity (Wildman–Crippen MR) is 85.2 cm³/mol. The fraction of sp³-hybridized carbons (Fsp3) is 0.529. The van der Waals surface area contributed by atoms with E-state index in [1.54, 1.807) is 0 Å². The van der Waals surface area contributed by atoms with E-state index in [1.165, 1.54) is 0 Å². The van der Waals surface area contributed by atoms with Gasteiger partial charge in [0.15, 0.2) is 5.69 Å². The first-order valence-electron chi connectivity index (χ1n) is 7.76. The van der Waals surface area contributed by atoms with Crippen LogP contribution in [0.5, 0.6) is 0 Å². The first kappa shape index (κ1) is 15.0. The SMILES string of the molecule is CC1CN(C(=O)c2nc(C(C)(C)C)n3ccccc23)CCO1. The lowest BCUT2D eigenvalue weighted by Crippen LogP contribution is -2.44. The quantitative estimate of drug-likeness (QED) is 0.813. The predicted octanol–water partition coefficient (Wildman–Crippen LogP) is 2.49. The minimum Gasteiger partial charge on any atom is -0.375 e. The third kappa shape index (κ3) is 2.61. The molecule has 2 aromatic heterocycles. The zero-order valence-electron chi connectivity index (χ0n) is 13.7. The van der Waals surface area contributed by atoms with Gasteiger partial charge in [-0.05, 0) is 19.1 Å². The molecule has 0 bridgehead atoms. The molecule has 0 saturated carbocycles. The number of hydrogen-bond donors (Lipinski definition) is 0. The van der Waals surface area contributed by atoms with Gasteiger partial charge in [-0.3, -0.25) is 4.79 Å². The third-order valence-electron chi connectivity index (χ3n) is 3.95. The number of aromatic nitrogens is 2. The molecule has 2 aromatic rings. The lowest BCUT2D eigenvalue weighted by atomic mass is 9.96. The summed E-state index contributed by atoms with van der Waals surface area (Å²) < 4.78 is 7.55. The molecule has 0 N–H and O–H groups in total. The fourth-order valence-electron chi connectivity index (χ4n) is 2.88. The molecule has 1 fully saturated rings. The zero-order chi connectivity index (χ0) is 15.9. The number of fused-ring (bicyclic) bond motifs is 1. The molecule has 0 radical (unpaired) electrons. The molecular weight excluding hydrogens is 278 g/mol. The Bertz CT molecular complexity index is 699. The monoisotopic (exact) mass is 301 g/mol. The van der Waals surface area contributed by atoms with Gasteiger partial charge in [0.25, 0.3) is 5.91 Å². The summed E-state index contributed by atoms with van der Waals surface area (Å²) in [6, 6.07) is 5.87. The maximum absolute atomic E-state index is 12.9. The summed E-state index contributed by atoms with van der Waals surface area (Å²) in [5.74, 6) is 0.905. The standard InChI is InChI=1S/C17H23N3O2/c1-12-11-19(9-10-22-12)15(21)14-13-7-5-6-8-20(13)16(18-14)17(2,3)4/h5-8,12H,9-11H2,1-4H3. The third-order valence-corrected chi connectivity index (χ3v) is 3.95. The van der Waals surface area contributed by atoms with E-state index in [-0.39, 0.29) is 17.4 Å². The van der Waals surface area contributed by atoms with E-state index >= 15 is 0 Å². The van der Waals surface area contributed by atoms with Crippen LogP contribution in [0, 0.1) is 0 Å². The van der Waals surface area contributed by atoms with Crippen molar-refractivity contribution in [2.24, 2.45) is 0 Å². The van der Waals surface area contributed by atoms with Crippen LogP contribution in [0.2, 0.25) is 0 Å². The van der Waals surface area contributed by atoms with Crippen molar-refractivity contribution in [3.63, 3.8) is 0 Å². The zero-order valence-corrected chi connectivity index (χ0v) is 13.7. The highest BCUT2D eigenvalue weighted by Crippen LogP contribution is 2.25. The summed E-state index contributed by atoms with van der Waals surface area (Å²) in [6.07, 6.45) is 2.05. The first-order chi connectivity index (χ1) is 10.4. The number of imidazole rings is 1. The lowest BCUT2D eigenvalue weighted by Gasteiger charge is -2.30. The van der Waals surface area contributed by atoms with Crippen LogP contribution in [-0.4, -0.2) is 46.0 Å². The van der Waals surface area contributed by atoms with E-state index in [2.05, 4.69) is 20.8 Å². The fourth-order valence-corrected chi connectivity index (χ4v) is 2.88. The van der Waals surface area contributed by atoms with Gasteiger partial charge in [0.05, 0.1) is 18.2 Å². The molecule has 1 atom stereocenters. The smallest absolute Gasteiger partial charge is 0.274 e. The summed E-state index contributed by atoms with van der Waals surface area (Å²) in [5, 5.41) is 0. The molecule has 3 heterocycles. The highest BCUT2D eigenvalue weighted by Gasteiger charge is 2.29. The topological polar surface area (TPSA) is 46.8 Å². The molecule has 1 amide bonds. The van der Waals surface area contributed by atoms with E-state index in [1.807, 2.05) is 40.6 Å². The molecule has 1 unspecified atom stereocenters. The van der Waals surface area contributed by atoms with Gasteiger partial charge in [0.1, 0.15) is 5.82 Å². The summed E-state index contributed by atoms with van der Waals surface area (Å²) in [4.78, 5) is 19.4. The molecule has 1 saturated heterocycles. The highest BCUT2D eigenvalue weighted by atomic mass is 16.5. The van der Waals surface area contributed by atoms with Crippen LogP contribution in [0.25, 0.3) is 5.52 Å². The Morgan fingerprint density at radius 1 is 1.36 bits per heavy atom. The Balaban J connectivity index is 2.05. The van der Waals surface area contributed by atoms with Crippen LogP contribution in [0.3, 0.4) is 0 Å². The van der Waals surface area contributed by atoms with Gasteiger partial charge >= 0.3 is 0 Å². The number of rotatable bonds is 1. The number of carbonyl (C=O) groups excluding carboxylic acids is 1. The van der Waals surface area contributed by atoms with Crippen molar-refractivity contribution in [1.82, 2.24) is 14.3 Å². The maximum Gasteiger partial charge on any atom is 0.274 e.